The minimum Gasteiger partial charge on any atom is -0.244 e. The molecule has 0 atom stereocenters. The van der Waals surface area contributed by atoms with Crippen LogP contribution in [0.5, 0.6) is 0 Å². The van der Waals surface area contributed by atoms with Crippen LogP contribution in [-0.4, -0.2) is 4.98 Å². The number of aromatic nitrogens is 1. The summed E-state index contributed by atoms with van der Waals surface area (Å²) >= 11 is 7.44. The average Bonchev–Trinajstić information content (AvgIpc) is 2.57. The van der Waals surface area contributed by atoms with E-state index < -0.39 is 0 Å². The number of hydrogen-bond donors (Lipinski definition) is 0. The fourth-order valence-electron chi connectivity index (χ4n) is 0.956. The van der Waals surface area contributed by atoms with Crippen LogP contribution in [0.1, 0.15) is 0 Å². The summed E-state index contributed by atoms with van der Waals surface area (Å²) in [5, 5.41) is 3.56. The fourth-order valence-corrected chi connectivity index (χ4v) is 1.91. The molecule has 0 N–H and O–H groups in total. The van der Waals surface area contributed by atoms with Crippen molar-refractivity contribution < 1.29 is 0 Å². The molecular formula is C9H5ClNS. The smallest absolute Gasteiger partial charge is 0.137 e. The van der Waals surface area contributed by atoms with Crippen molar-refractivity contribution in [3.8, 4) is 10.4 Å². The van der Waals surface area contributed by atoms with Crippen molar-refractivity contribution in [3.63, 3.8) is 0 Å². The molecule has 2 heterocycles. The van der Waals surface area contributed by atoms with Crippen molar-refractivity contribution in [3.05, 3.63) is 41.0 Å². The molecule has 2 rings (SSSR count). The number of pyridine rings is 1. The van der Waals surface area contributed by atoms with E-state index >= 15 is 0 Å². The topological polar surface area (TPSA) is 12.9 Å². The molecule has 0 spiro atoms. The van der Waals surface area contributed by atoms with Gasteiger partial charge in [0.15, 0.2) is 0 Å². The van der Waals surface area contributed by atoms with Gasteiger partial charge in [0.1, 0.15) is 5.15 Å². The van der Waals surface area contributed by atoms with Crippen LogP contribution in [0.2, 0.25) is 5.15 Å². The van der Waals surface area contributed by atoms with E-state index in [9.17, 15) is 0 Å². The zero-order chi connectivity index (χ0) is 8.39. The van der Waals surface area contributed by atoms with Gasteiger partial charge in [0.05, 0.1) is 0 Å². The molecule has 0 saturated carbocycles. The van der Waals surface area contributed by atoms with Crippen LogP contribution in [0.3, 0.4) is 0 Å². The molecule has 2 aromatic heterocycles. The van der Waals surface area contributed by atoms with E-state index in [1.165, 1.54) is 0 Å². The maximum atomic E-state index is 5.90. The SMILES string of the molecule is Clc1ncccc1-c1cc[c]s1. The minimum atomic E-state index is 0.549. The zero-order valence-electron chi connectivity index (χ0n) is 6.12. The van der Waals surface area contributed by atoms with Crippen molar-refractivity contribution in [2.45, 2.75) is 0 Å². The summed E-state index contributed by atoms with van der Waals surface area (Å²) in [5.41, 5.74) is 0.977. The molecule has 0 unspecified atom stereocenters. The van der Waals surface area contributed by atoms with E-state index in [4.69, 9.17) is 11.6 Å². The molecule has 59 valence electrons. The maximum absolute atomic E-state index is 5.90. The minimum absolute atomic E-state index is 0.549. The summed E-state index contributed by atoms with van der Waals surface area (Å²) in [6.07, 6.45) is 1.68. The molecule has 2 aromatic rings. The van der Waals surface area contributed by atoms with E-state index in [-0.39, 0.29) is 0 Å². The molecule has 3 heteroatoms. The Labute approximate surface area is 79.7 Å². The van der Waals surface area contributed by atoms with Crippen molar-refractivity contribution in [2.24, 2.45) is 0 Å². The van der Waals surface area contributed by atoms with E-state index in [1.54, 1.807) is 17.5 Å². The van der Waals surface area contributed by atoms with Crippen LogP contribution in [0.25, 0.3) is 10.4 Å². The lowest BCUT2D eigenvalue weighted by Crippen LogP contribution is -1.77. The van der Waals surface area contributed by atoms with Gasteiger partial charge in [-0.2, -0.15) is 0 Å². The summed E-state index contributed by atoms with van der Waals surface area (Å²) in [6.45, 7) is 0. The molecule has 0 bridgehead atoms. The summed E-state index contributed by atoms with van der Waals surface area (Å²) in [4.78, 5) is 5.10. The summed E-state index contributed by atoms with van der Waals surface area (Å²) in [7, 11) is 0. The number of hydrogen-bond acceptors (Lipinski definition) is 2. The van der Waals surface area contributed by atoms with Gasteiger partial charge in [-0.3, -0.25) is 0 Å². The van der Waals surface area contributed by atoms with Gasteiger partial charge in [-0.05, 0) is 24.3 Å². The van der Waals surface area contributed by atoms with E-state index in [0.29, 0.717) is 5.15 Å². The quantitative estimate of drug-likeness (QED) is 0.635. The number of nitrogens with zero attached hydrogens (tertiary/aromatic N) is 1. The van der Waals surface area contributed by atoms with Crippen LogP contribution in [0.4, 0.5) is 0 Å². The normalized spacial score (nSPS) is 10.1. The third-order valence-electron chi connectivity index (χ3n) is 1.50. The van der Waals surface area contributed by atoms with Crippen LogP contribution < -0.4 is 0 Å². The molecule has 0 fully saturated rings. The predicted molar refractivity (Wildman–Crippen MR) is 51.4 cm³/mol. The lowest BCUT2D eigenvalue weighted by atomic mass is 10.2. The van der Waals surface area contributed by atoms with Gasteiger partial charge in [-0.1, -0.05) is 11.6 Å². The van der Waals surface area contributed by atoms with E-state index in [1.807, 2.05) is 24.3 Å². The Bertz CT molecular complexity index is 370. The Morgan fingerprint density at radius 1 is 1.42 bits per heavy atom. The third-order valence-corrected chi connectivity index (χ3v) is 2.63. The molecule has 1 nitrogen and oxygen atoms in total. The highest BCUT2D eigenvalue weighted by molar-refractivity contribution is 7.13. The Hall–Kier alpha value is -0.860. The Morgan fingerprint density at radius 3 is 3.00 bits per heavy atom. The number of rotatable bonds is 1. The largest absolute Gasteiger partial charge is 0.244 e. The van der Waals surface area contributed by atoms with E-state index in [0.717, 1.165) is 10.4 Å². The lowest BCUT2D eigenvalue weighted by molar-refractivity contribution is 1.33. The van der Waals surface area contributed by atoms with Crippen molar-refractivity contribution in [1.29, 1.82) is 0 Å². The standard InChI is InChI=1S/C9H5ClNS/c10-9-7(3-1-5-11-9)8-4-2-6-12-8/h1-5H. The van der Waals surface area contributed by atoms with Crippen LogP contribution in [0.15, 0.2) is 30.5 Å². The first-order valence-electron chi connectivity index (χ1n) is 3.45. The molecule has 12 heavy (non-hydrogen) atoms. The van der Waals surface area contributed by atoms with Crippen LogP contribution >= 0.6 is 22.9 Å². The van der Waals surface area contributed by atoms with Gasteiger partial charge in [0.25, 0.3) is 0 Å². The Morgan fingerprint density at radius 2 is 2.33 bits per heavy atom. The second kappa shape index (κ2) is 3.25. The zero-order valence-corrected chi connectivity index (χ0v) is 7.69. The molecule has 0 saturated heterocycles. The molecule has 0 amide bonds. The van der Waals surface area contributed by atoms with Gasteiger partial charge in [-0.15, -0.1) is 11.3 Å². The first kappa shape index (κ1) is 7.77. The summed E-state index contributed by atoms with van der Waals surface area (Å²) in [6, 6.07) is 7.69. The van der Waals surface area contributed by atoms with Crippen molar-refractivity contribution in [2.75, 3.05) is 0 Å². The monoisotopic (exact) mass is 194 g/mol. The van der Waals surface area contributed by atoms with Crippen LogP contribution in [0, 0.1) is 5.38 Å². The highest BCUT2D eigenvalue weighted by Crippen LogP contribution is 2.28. The summed E-state index contributed by atoms with van der Waals surface area (Å²) < 4.78 is 0. The Kier molecular flexibility index (Phi) is 2.11. The van der Waals surface area contributed by atoms with Crippen LogP contribution in [-0.2, 0) is 0 Å². The van der Waals surface area contributed by atoms with E-state index in [2.05, 4.69) is 10.4 Å². The van der Waals surface area contributed by atoms with Crippen molar-refractivity contribution in [1.82, 2.24) is 4.98 Å². The number of halogens is 1. The van der Waals surface area contributed by atoms with Gasteiger partial charge in [0.2, 0.25) is 0 Å². The van der Waals surface area contributed by atoms with Gasteiger partial charge in [-0.25, -0.2) is 4.98 Å². The molecule has 1 radical (unpaired) electrons. The molecule has 0 aliphatic rings. The first-order chi connectivity index (χ1) is 5.88. The first-order valence-corrected chi connectivity index (χ1v) is 4.64. The summed E-state index contributed by atoms with van der Waals surface area (Å²) in [5.74, 6) is 0. The predicted octanol–water partition coefficient (Wildman–Crippen LogP) is 3.26. The van der Waals surface area contributed by atoms with Gasteiger partial charge >= 0.3 is 0 Å². The molecule has 0 aliphatic heterocycles. The maximum Gasteiger partial charge on any atom is 0.137 e. The van der Waals surface area contributed by atoms with Gasteiger partial charge in [0, 0.05) is 22.0 Å². The highest BCUT2D eigenvalue weighted by atomic mass is 35.5. The molecule has 0 aromatic carbocycles. The molecular weight excluding hydrogens is 190 g/mol. The van der Waals surface area contributed by atoms with Gasteiger partial charge < -0.3 is 0 Å². The lowest BCUT2D eigenvalue weighted by Gasteiger charge is -1.97. The second-order valence-corrected chi connectivity index (χ2v) is 3.50. The average molecular weight is 195 g/mol. The molecule has 0 aliphatic carbocycles. The highest BCUT2D eigenvalue weighted by Gasteiger charge is 2.02. The fraction of sp³-hybridized carbons (Fsp3) is 0. The second-order valence-electron chi connectivity index (χ2n) is 2.26. The Balaban J connectivity index is 2.55. The van der Waals surface area contributed by atoms with Crippen molar-refractivity contribution >= 4 is 22.9 Å². The number of thiophene rings is 1. The third kappa shape index (κ3) is 1.36.